The van der Waals surface area contributed by atoms with Gasteiger partial charge >= 0.3 is 6.09 Å². The van der Waals surface area contributed by atoms with E-state index in [0.717, 1.165) is 6.07 Å². The van der Waals surface area contributed by atoms with Crippen molar-refractivity contribution in [1.82, 2.24) is 4.90 Å². The van der Waals surface area contributed by atoms with Crippen molar-refractivity contribution in [3.63, 3.8) is 0 Å². The number of carbonyl (C=O) groups is 3. The number of likely N-dealkylation sites (tertiary alicyclic amines) is 1. The summed E-state index contributed by atoms with van der Waals surface area (Å²) in [4.78, 5) is 35.6. The molecule has 0 aromatic heterocycles. The molecule has 2 aliphatic heterocycles. The third-order valence-corrected chi connectivity index (χ3v) is 3.88. The number of benzene rings is 1. The predicted octanol–water partition coefficient (Wildman–Crippen LogP) is 0.272. The van der Waals surface area contributed by atoms with Gasteiger partial charge in [0, 0.05) is 18.6 Å². The number of rotatable bonds is 1. The smallest absolute Gasteiger partial charge is 0.408 e. The highest BCUT2D eigenvalue weighted by atomic mass is 19.1. The Bertz CT molecular complexity index is 717. The fraction of sp³-hybridized carbons (Fsp3) is 0.308. The van der Waals surface area contributed by atoms with E-state index in [1.165, 1.54) is 0 Å². The lowest BCUT2D eigenvalue weighted by Crippen LogP contribution is -2.53. The third-order valence-electron chi connectivity index (χ3n) is 3.88. The van der Waals surface area contributed by atoms with E-state index in [2.05, 4.69) is 5.32 Å². The molecule has 8 nitrogen and oxygen atoms in total. The minimum absolute atomic E-state index is 0.280. The van der Waals surface area contributed by atoms with Crippen LogP contribution in [0.15, 0.2) is 12.1 Å². The summed E-state index contributed by atoms with van der Waals surface area (Å²) in [7, 11) is 0. The SMILES string of the molecule is NC(=O)[C@@H]1C[C@]2(CN1C(=O)O)Oc1cc(F)cc(F)c1NC2=O. The van der Waals surface area contributed by atoms with Crippen LogP contribution in [0.1, 0.15) is 6.42 Å². The van der Waals surface area contributed by atoms with E-state index in [1.54, 1.807) is 0 Å². The Morgan fingerprint density at radius 1 is 1.43 bits per heavy atom. The highest BCUT2D eigenvalue weighted by Crippen LogP contribution is 2.41. The lowest BCUT2D eigenvalue weighted by Gasteiger charge is -2.34. The van der Waals surface area contributed by atoms with Gasteiger partial charge < -0.3 is 20.9 Å². The molecule has 2 aliphatic rings. The first kappa shape index (κ1) is 15.0. The van der Waals surface area contributed by atoms with Gasteiger partial charge in [-0.1, -0.05) is 0 Å². The van der Waals surface area contributed by atoms with E-state index in [1.807, 2.05) is 0 Å². The van der Waals surface area contributed by atoms with E-state index in [9.17, 15) is 23.2 Å². The number of primary amides is 1. The molecule has 1 aromatic rings. The number of halogens is 2. The monoisotopic (exact) mass is 327 g/mol. The standard InChI is InChI=1S/C13H11F2N3O5/c14-5-1-6(15)9-8(2-5)23-13(11(20)17-9)3-7(10(16)19)18(4-13)12(21)22/h1-2,7H,3-4H2,(H2,16,19)(H,17,20)(H,21,22)/t7-,13+/m0/s1. The average Bonchev–Trinajstić information content (AvgIpc) is 2.82. The summed E-state index contributed by atoms with van der Waals surface area (Å²) in [6.07, 6.45) is -1.81. The molecule has 3 rings (SSSR count). The van der Waals surface area contributed by atoms with Crippen LogP contribution in [0.2, 0.25) is 0 Å². The molecule has 1 aromatic carbocycles. The van der Waals surface area contributed by atoms with Gasteiger partial charge in [0.05, 0.1) is 6.54 Å². The molecular formula is C13H11F2N3O5. The number of hydrogen-bond donors (Lipinski definition) is 3. The molecule has 1 fully saturated rings. The maximum Gasteiger partial charge on any atom is 0.408 e. The van der Waals surface area contributed by atoms with Gasteiger partial charge in [-0.05, 0) is 0 Å². The summed E-state index contributed by atoms with van der Waals surface area (Å²) in [5.74, 6) is -4.00. The molecule has 122 valence electrons. The zero-order valence-corrected chi connectivity index (χ0v) is 11.5. The maximum absolute atomic E-state index is 13.7. The van der Waals surface area contributed by atoms with Gasteiger partial charge in [0.1, 0.15) is 17.5 Å². The topological polar surface area (TPSA) is 122 Å². The van der Waals surface area contributed by atoms with Crippen molar-refractivity contribution in [2.45, 2.75) is 18.1 Å². The van der Waals surface area contributed by atoms with E-state index < -0.39 is 47.7 Å². The number of carboxylic acid groups (broad SMARTS) is 1. The van der Waals surface area contributed by atoms with E-state index in [-0.39, 0.29) is 17.9 Å². The van der Waals surface area contributed by atoms with Crippen molar-refractivity contribution >= 4 is 23.6 Å². The number of nitrogens with two attached hydrogens (primary N) is 1. The molecule has 2 heterocycles. The van der Waals surface area contributed by atoms with Crippen LogP contribution in [0.3, 0.4) is 0 Å². The zero-order chi connectivity index (χ0) is 16.9. The molecule has 0 bridgehead atoms. The van der Waals surface area contributed by atoms with Crippen molar-refractivity contribution < 1.29 is 33.0 Å². The average molecular weight is 327 g/mol. The van der Waals surface area contributed by atoms with Crippen molar-refractivity contribution in [3.8, 4) is 5.75 Å². The highest BCUT2D eigenvalue weighted by Gasteiger charge is 2.57. The minimum Gasteiger partial charge on any atom is -0.473 e. The number of nitrogens with one attached hydrogen (secondary N) is 1. The van der Waals surface area contributed by atoms with Gasteiger partial charge in [0.15, 0.2) is 11.6 Å². The van der Waals surface area contributed by atoms with E-state index >= 15 is 0 Å². The van der Waals surface area contributed by atoms with Crippen LogP contribution in [0, 0.1) is 11.6 Å². The Balaban J connectivity index is 2.02. The van der Waals surface area contributed by atoms with Gasteiger partial charge in [-0.25, -0.2) is 13.6 Å². The lowest BCUT2D eigenvalue weighted by atomic mass is 9.96. The second-order valence-corrected chi connectivity index (χ2v) is 5.34. The zero-order valence-electron chi connectivity index (χ0n) is 11.5. The number of anilines is 1. The van der Waals surface area contributed by atoms with Gasteiger partial charge in [0.2, 0.25) is 11.5 Å². The summed E-state index contributed by atoms with van der Waals surface area (Å²) >= 11 is 0. The summed E-state index contributed by atoms with van der Waals surface area (Å²) in [5, 5.41) is 11.4. The summed E-state index contributed by atoms with van der Waals surface area (Å²) in [6.45, 7) is -0.487. The van der Waals surface area contributed by atoms with Crippen molar-refractivity contribution in [1.29, 1.82) is 0 Å². The van der Waals surface area contributed by atoms with E-state index in [4.69, 9.17) is 15.6 Å². The van der Waals surface area contributed by atoms with Crippen LogP contribution < -0.4 is 15.8 Å². The minimum atomic E-state index is -1.77. The van der Waals surface area contributed by atoms with Crippen molar-refractivity contribution in [2.75, 3.05) is 11.9 Å². The normalized spacial score (nSPS) is 25.7. The Morgan fingerprint density at radius 2 is 2.13 bits per heavy atom. The second kappa shape index (κ2) is 4.80. The molecule has 1 saturated heterocycles. The van der Waals surface area contributed by atoms with Crippen LogP contribution in [0.4, 0.5) is 19.3 Å². The van der Waals surface area contributed by atoms with Crippen LogP contribution in [0.5, 0.6) is 5.75 Å². The largest absolute Gasteiger partial charge is 0.473 e. The Labute approximate surface area is 127 Å². The number of carbonyl (C=O) groups excluding carboxylic acids is 2. The molecule has 0 saturated carbocycles. The molecule has 10 heteroatoms. The summed E-state index contributed by atoms with van der Waals surface area (Å²) in [5.41, 5.74) is 3.04. The molecule has 4 N–H and O–H groups in total. The highest BCUT2D eigenvalue weighted by molar-refractivity contribution is 6.02. The predicted molar refractivity (Wildman–Crippen MR) is 70.7 cm³/mol. The van der Waals surface area contributed by atoms with Gasteiger partial charge in [0.25, 0.3) is 5.91 Å². The van der Waals surface area contributed by atoms with Gasteiger partial charge in [-0.15, -0.1) is 0 Å². The quantitative estimate of drug-likeness (QED) is 0.683. The van der Waals surface area contributed by atoms with Crippen LogP contribution >= 0.6 is 0 Å². The van der Waals surface area contributed by atoms with Gasteiger partial charge in [-0.2, -0.15) is 0 Å². The van der Waals surface area contributed by atoms with Crippen molar-refractivity contribution in [2.24, 2.45) is 5.73 Å². The third kappa shape index (κ3) is 2.22. The molecule has 2 atom stereocenters. The summed E-state index contributed by atoms with van der Waals surface area (Å²) in [6, 6.07) is 0.158. The number of nitrogens with zero attached hydrogens (tertiary/aromatic N) is 1. The lowest BCUT2D eigenvalue weighted by molar-refractivity contribution is -0.131. The first-order valence-electron chi connectivity index (χ1n) is 6.52. The first-order chi connectivity index (χ1) is 10.7. The van der Waals surface area contributed by atoms with Crippen molar-refractivity contribution in [3.05, 3.63) is 23.8 Å². The molecule has 0 aliphatic carbocycles. The van der Waals surface area contributed by atoms with E-state index in [0.29, 0.717) is 11.0 Å². The first-order valence-corrected chi connectivity index (χ1v) is 6.52. The Hall–Kier alpha value is -2.91. The maximum atomic E-state index is 13.7. The number of amides is 3. The Morgan fingerprint density at radius 3 is 2.70 bits per heavy atom. The van der Waals surface area contributed by atoms with Crippen LogP contribution in [0.25, 0.3) is 0 Å². The number of fused-ring (bicyclic) bond motifs is 1. The molecule has 1 spiro atoms. The number of ether oxygens (including phenoxy) is 1. The van der Waals surface area contributed by atoms with Gasteiger partial charge in [-0.3, -0.25) is 14.5 Å². The molecule has 0 unspecified atom stereocenters. The fourth-order valence-corrected chi connectivity index (χ4v) is 2.80. The molecule has 23 heavy (non-hydrogen) atoms. The molecule has 3 amide bonds. The Kier molecular flexibility index (Phi) is 3.13. The molecular weight excluding hydrogens is 316 g/mol. The van der Waals surface area contributed by atoms with Crippen LogP contribution in [-0.4, -0.2) is 46.1 Å². The second-order valence-electron chi connectivity index (χ2n) is 5.34. The fourth-order valence-electron chi connectivity index (χ4n) is 2.80. The number of hydrogen-bond acceptors (Lipinski definition) is 4. The molecule has 0 radical (unpaired) electrons. The summed E-state index contributed by atoms with van der Waals surface area (Å²) < 4.78 is 32.4. The van der Waals surface area contributed by atoms with Crippen LogP contribution in [-0.2, 0) is 9.59 Å².